The molecule has 0 saturated heterocycles. The van der Waals surface area contributed by atoms with Gasteiger partial charge in [0.1, 0.15) is 0 Å². The fourth-order valence-electron chi connectivity index (χ4n) is 12.9. The molecule has 0 aromatic heterocycles. The van der Waals surface area contributed by atoms with E-state index >= 15 is 14.4 Å². The predicted octanol–water partition coefficient (Wildman–Crippen LogP) is 18.9. The van der Waals surface area contributed by atoms with Gasteiger partial charge in [0.2, 0.25) is 0 Å². The van der Waals surface area contributed by atoms with Crippen LogP contribution in [0, 0.1) is 0 Å². The number of unbranched alkanes of at least 4 members (excludes halogenated alkanes) is 9. The molecule has 0 spiro atoms. The molecule has 9 rings (SSSR count). The summed E-state index contributed by atoms with van der Waals surface area (Å²) in [6.45, 7) is 2.24. The number of rotatable bonds is 32. The molecule has 85 heavy (non-hydrogen) atoms. The normalized spacial score (nSPS) is 11.8. The van der Waals surface area contributed by atoms with E-state index in [-0.39, 0.29) is 23.7 Å². The molecule has 0 radical (unpaired) electrons. The molecule has 0 heterocycles. The average molecular weight is 1230 g/mol. The van der Waals surface area contributed by atoms with Gasteiger partial charge in [-0.05, 0) is 0 Å². The van der Waals surface area contributed by atoms with Crippen LogP contribution in [0.2, 0.25) is 4.44 Å². The summed E-state index contributed by atoms with van der Waals surface area (Å²) < 4.78 is 20.9. The molecule has 9 aromatic rings. The molecule has 0 fully saturated rings. The Morgan fingerprint density at radius 2 is 0.447 bits per heavy atom. The Morgan fingerprint density at radius 1 is 0.271 bits per heavy atom. The molecule has 0 atom stereocenters. The van der Waals surface area contributed by atoms with Gasteiger partial charge in [-0.3, -0.25) is 0 Å². The van der Waals surface area contributed by atoms with Gasteiger partial charge in [0.15, 0.2) is 0 Å². The van der Waals surface area contributed by atoms with Crippen molar-refractivity contribution in [3.8, 4) is 0 Å². The van der Waals surface area contributed by atoms with Gasteiger partial charge in [0, 0.05) is 0 Å². The third-order valence-corrected chi connectivity index (χ3v) is 24.5. The van der Waals surface area contributed by atoms with Crippen LogP contribution in [0.25, 0.3) is 0 Å². The summed E-state index contributed by atoms with van der Waals surface area (Å²) in [6.07, 6.45) is 11.5. The van der Waals surface area contributed by atoms with Gasteiger partial charge in [-0.25, -0.2) is 0 Å². The summed E-state index contributed by atoms with van der Waals surface area (Å²) >= 11 is -5.77. The van der Waals surface area contributed by atoms with E-state index in [2.05, 4.69) is 116 Å². The van der Waals surface area contributed by atoms with Crippen LogP contribution >= 0.6 is 0 Å². The molecule has 0 bridgehead atoms. The summed E-state index contributed by atoms with van der Waals surface area (Å²) in [5.74, 6) is -1.68. The van der Waals surface area contributed by atoms with E-state index in [0.717, 1.165) is 75.8 Å². The minimum absolute atomic E-state index is 0.0528. The second-order valence-electron chi connectivity index (χ2n) is 22.5. The third-order valence-electron chi connectivity index (χ3n) is 17.2. The van der Waals surface area contributed by atoms with Gasteiger partial charge in [-0.15, -0.1) is 0 Å². The number of hydrogen-bond acceptors (Lipinski definition) is 6. The Labute approximate surface area is 511 Å². The molecule has 6 nitrogen and oxygen atoms in total. The standard InChI is InChI=1S/3C22H20O2.C12H25.Sn/c3*23-21(24)16-17-22(18-10-4-1-5-11-18,19-12-6-2-7-13-19)20-14-8-3-9-15-20;1-3-5-7-9-11-12-10-8-6-4-2;/h3*1-15H,16-17H2,(H,23,24);1,3-12H2,2H3;/q;;;;+3/p-3. The van der Waals surface area contributed by atoms with E-state index in [9.17, 15) is 0 Å². The number of carbonyl (C=O) groups excluding carboxylic acids is 3. The summed E-state index contributed by atoms with van der Waals surface area (Å²) in [7, 11) is 0. The molecular formula is C78H82O6Sn. The van der Waals surface area contributed by atoms with Crippen LogP contribution < -0.4 is 0 Å². The van der Waals surface area contributed by atoms with Crippen LogP contribution in [-0.2, 0) is 39.9 Å². The van der Waals surface area contributed by atoms with Crippen molar-refractivity contribution >= 4 is 37.5 Å². The molecule has 434 valence electrons. The molecule has 0 N–H and O–H groups in total. The van der Waals surface area contributed by atoms with E-state index in [0.29, 0.717) is 25.7 Å². The molecule has 0 aliphatic heterocycles. The monoisotopic (exact) mass is 1230 g/mol. The van der Waals surface area contributed by atoms with Crippen molar-refractivity contribution in [1.82, 2.24) is 0 Å². The Balaban J connectivity index is 1.10. The van der Waals surface area contributed by atoms with Crippen molar-refractivity contribution in [2.75, 3.05) is 0 Å². The fourth-order valence-corrected chi connectivity index (χ4v) is 19.9. The van der Waals surface area contributed by atoms with Gasteiger partial charge in [0.05, 0.1) is 0 Å². The molecule has 0 saturated carbocycles. The Bertz CT molecular complexity index is 2750. The topological polar surface area (TPSA) is 78.9 Å². The Hall–Kier alpha value is -7.81. The van der Waals surface area contributed by atoms with Crippen molar-refractivity contribution in [3.05, 3.63) is 323 Å². The van der Waals surface area contributed by atoms with E-state index in [1.165, 1.54) is 32.1 Å². The van der Waals surface area contributed by atoms with Crippen LogP contribution in [-0.4, -0.2) is 37.5 Å². The quantitative estimate of drug-likeness (QED) is 0.0237. The predicted molar refractivity (Wildman–Crippen MR) is 346 cm³/mol. The first-order valence-electron chi connectivity index (χ1n) is 31.0. The van der Waals surface area contributed by atoms with Crippen LogP contribution in [0.5, 0.6) is 0 Å². The summed E-state index contributed by atoms with van der Waals surface area (Å²) in [4.78, 5) is 46.3. The van der Waals surface area contributed by atoms with Crippen LogP contribution in [0.15, 0.2) is 273 Å². The second-order valence-corrected chi connectivity index (χ2v) is 29.6. The summed E-state index contributed by atoms with van der Waals surface area (Å²) in [5, 5.41) is 0. The third kappa shape index (κ3) is 15.6. The molecule has 9 aromatic carbocycles. The number of benzene rings is 9. The molecule has 0 aliphatic carbocycles. The summed E-state index contributed by atoms with van der Waals surface area (Å²) in [6, 6.07) is 92.7. The maximum absolute atomic E-state index is 15.4. The molecule has 0 unspecified atom stereocenters. The first-order valence-corrected chi connectivity index (χ1v) is 36.5. The van der Waals surface area contributed by atoms with E-state index in [1.807, 2.05) is 164 Å². The zero-order valence-electron chi connectivity index (χ0n) is 49.5. The molecular weight excluding hydrogens is 1150 g/mol. The molecule has 0 aliphatic rings. The van der Waals surface area contributed by atoms with E-state index in [1.54, 1.807) is 0 Å². The van der Waals surface area contributed by atoms with Gasteiger partial charge in [-0.2, -0.15) is 0 Å². The van der Waals surface area contributed by atoms with Crippen LogP contribution in [0.1, 0.15) is 160 Å². The molecule has 7 heteroatoms. The van der Waals surface area contributed by atoms with Crippen molar-refractivity contribution in [1.29, 1.82) is 0 Å². The minimum atomic E-state index is -5.77. The van der Waals surface area contributed by atoms with Crippen LogP contribution in [0.3, 0.4) is 0 Å². The van der Waals surface area contributed by atoms with Gasteiger partial charge >= 0.3 is 515 Å². The zero-order valence-corrected chi connectivity index (χ0v) is 52.3. The van der Waals surface area contributed by atoms with E-state index < -0.39 is 53.8 Å². The SMILES string of the molecule is CCCCCCCCCCC[CH2][Sn]([O]C(=O)CCC(c1ccccc1)(c1ccccc1)c1ccccc1)([O]C(=O)CCC(c1ccccc1)(c1ccccc1)c1ccccc1)[O]C(=O)CCC(c1ccccc1)(c1ccccc1)c1ccccc1. The second kappa shape index (κ2) is 31.4. The fraction of sp³-hybridized carbons (Fsp3) is 0.269. The first-order chi connectivity index (χ1) is 41.8. The van der Waals surface area contributed by atoms with Crippen molar-refractivity contribution < 1.29 is 23.6 Å². The van der Waals surface area contributed by atoms with Gasteiger partial charge in [-0.1, -0.05) is 0 Å². The average Bonchev–Trinajstić information content (AvgIpc) is 3.68. The zero-order chi connectivity index (χ0) is 58.9. The van der Waals surface area contributed by atoms with Crippen molar-refractivity contribution in [2.45, 2.75) is 130 Å². The van der Waals surface area contributed by atoms with Gasteiger partial charge < -0.3 is 0 Å². The van der Waals surface area contributed by atoms with Crippen molar-refractivity contribution in [2.24, 2.45) is 0 Å². The molecule has 0 amide bonds. The first kappa shape index (κ1) is 61.7. The van der Waals surface area contributed by atoms with E-state index in [4.69, 9.17) is 9.22 Å². The Morgan fingerprint density at radius 3 is 0.635 bits per heavy atom. The van der Waals surface area contributed by atoms with Crippen molar-refractivity contribution in [3.63, 3.8) is 0 Å². The Kier molecular flexibility index (Phi) is 22.8. The summed E-state index contributed by atoms with van der Waals surface area (Å²) in [5.41, 5.74) is 6.91. The van der Waals surface area contributed by atoms with Crippen LogP contribution in [0.4, 0.5) is 0 Å². The van der Waals surface area contributed by atoms with Gasteiger partial charge in [0.25, 0.3) is 0 Å². The maximum atomic E-state index is 15.4. The number of hydrogen-bond donors (Lipinski definition) is 0. The number of carbonyl (C=O) groups is 3.